The maximum absolute atomic E-state index is 8.74. The Balaban J connectivity index is 2.04. The van der Waals surface area contributed by atoms with Crippen molar-refractivity contribution in [1.29, 1.82) is 5.26 Å². The van der Waals surface area contributed by atoms with E-state index in [1.807, 2.05) is 0 Å². The molecule has 0 bridgehead atoms. The molecule has 0 amide bonds. The minimum absolute atomic E-state index is 0.562. The smallest absolute Gasteiger partial charge is 0.0635 e. The number of hydrogen-bond donors (Lipinski definition) is 1. The van der Waals surface area contributed by atoms with Gasteiger partial charge in [0.1, 0.15) is 0 Å². The van der Waals surface area contributed by atoms with Crippen molar-refractivity contribution in [3.8, 4) is 6.07 Å². The summed E-state index contributed by atoms with van der Waals surface area (Å²) in [5, 5.41) is 12.2. The first-order valence-corrected chi connectivity index (χ1v) is 6.78. The van der Waals surface area contributed by atoms with Crippen molar-refractivity contribution in [2.24, 2.45) is 0 Å². The summed E-state index contributed by atoms with van der Waals surface area (Å²) >= 11 is 0. The Kier molecular flexibility index (Phi) is 5.20. The molecule has 0 aliphatic carbocycles. The van der Waals surface area contributed by atoms with Gasteiger partial charge in [-0.1, -0.05) is 18.2 Å². The summed E-state index contributed by atoms with van der Waals surface area (Å²) in [6.45, 7) is 4.27. The highest BCUT2D eigenvalue weighted by atomic mass is 16.5. The monoisotopic (exact) mass is 259 g/mol. The highest BCUT2D eigenvalue weighted by Crippen LogP contribution is 2.27. The van der Waals surface area contributed by atoms with Gasteiger partial charge >= 0.3 is 0 Å². The molecular formula is C15H21N3O. The van der Waals surface area contributed by atoms with Gasteiger partial charge in [-0.05, 0) is 17.5 Å². The van der Waals surface area contributed by atoms with E-state index in [2.05, 4.69) is 34.5 Å². The maximum Gasteiger partial charge on any atom is 0.0635 e. The highest BCUT2D eigenvalue weighted by molar-refractivity contribution is 5.61. The normalized spacial score (nSPS) is 13.1. The number of nitrogens with one attached hydrogen (secondary N) is 1. The van der Waals surface area contributed by atoms with E-state index in [1.165, 1.54) is 16.8 Å². The molecule has 1 aliphatic rings. The van der Waals surface area contributed by atoms with Crippen molar-refractivity contribution in [2.45, 2.75) is 19.4 Å². The van der Waals surface area contributed by atoms with Gasteiger partial charge in [-0.2, -0.15) is 5.26 Å². The molecule has 0 aromatic heterocycles. The van der Waals surface area contributed by atoms with Crippen LogP contribution >= 0.6 is 0 Å². The van der Waals surface area contributed by atoms with E-state index in [0.717, 1.165) is 32.6 Å². The Bertz CT molecular complexity index is 453. The number of rotatable bonds is 7. The molecule has 4 nitrogen and oxygen atoms in total. The van der Waals surface area contributed by atoms with Crippen molar-refractivity contribution >= 4 is 5.69 Å². The van der Waals surface area contributed by atoms with Crippen LogP contribution in [0.15, 0.2) is 18.2 Å². The number of methoxy groups -OCH3 is 1. The predicted octanol–water partition coefficient (Wildman–Crippen LogP) is 2.02. The van der Waals surface area contributed by atoms with Gasteiger partial charge in [0.25, 0.3) is 0 Å². The second kappa shape index (κ2) is 7.13. The summed E-state index contributed by atoms with van der Waals surface area (Å²) in [4.78, 5) is 2.28. The van der Waals surface area contributed by atoms with Crippen molar-refractivity contribution < 1.29 is 4.74 Å². The third-order valence-electron chi connectivity index (χ3n) is 3.48. The molecule has 1 N–H and O–H groups in total. The second-order valence-corrected chi connectivity index (χ2v) is 4.81. The van der Waals surface area contributed by atoms with Crippen molar-refractivity contribution in [1.82, 2.24) is 4.90 Å². The molecule has 0 spiro atoms. The predicted molar refractivity (Wildman–Crippen MR) is 76.0 cm³/mol. The molecule has 102 valence electrons. The lowest BCUT2D eigenvalue weighted by atomic mass is 10.1. The van der Waals surface area contributed by atoms with Crippen LogP contribution in [0.3, 0.4) is 0 Å². The Morgan fingerprint density at radius 1 is 1.42 bits per heavy atom. The number of fused-ring (bicyclic) bond motifs is 1. The van der Waals surface area contributed by atoms with E-state index in [0.29, 0.717) is 13.0 Å². The summed E-state index contributed by atoms with van der Waals surface area (Å²) in [6, 6.07) is 8.70. The fraction of sp³-hybridized carbons (Fsp3) is 0.533. The van der Waals surface area contributed by atoms with E-state index in [9.17, 15) is 0 Å². The van der Waals surface area contributed by atoms with Gasteiger partial charge in [0, 0.05) is 45.4 Å². The molecule has 0 saturated heterocycles. The van der Waals surface area contributed by atoms with E-state index in [1.54, 1.807) is 7.11 Å². The first-order chi connectivity index (χ1) is 9.35. The average molecular weight is 259 g/mol. The summed E-state index contributed by atoms with van der Waals surface area (Å²) in [6.07, 6.45) is 1.67. The molecule has 0 saturated carbocycles. The average Bonchev–Trinajstić information content (AvgIpc) is 2.91. The zero-order valence-corrected chi connectivity index (χ0v) is 11.5. The van der Waals surface area contributed by atoms with Crippen LogP contribution < -0.4 is 5.32 Å². The fourth-order valence-corrected chi connectivity index (χ4v) is 2.48. The van der Waals surface area contributed by atoms with Crippen molar-refractivity contribution in [3.63, 3.8) is 0 Å². The topological polar surface area (TPSA) is 48.3 Å². The number of anilines is 1. The van der Waals surface area contributed by atoms with Crippen molar-refractivity contribution in [2.75, 3.05) is 38.7 Å². The van der Waals surface area contributed by atoms with Crippen LogP contribution in [0.2, 0.25) is 0 Å². The van der Waals surface area contributed by atoms with Gasteiger partial charge in [-0.3, -0.25) is 4.90 Å². The minimum atomic E-state index is 0.562. The first kappa shape index (κ1) is 13.9. The van der Waals surface area contributed by atoms with Crippen LogP contribution in [-0.2, 0) is 17.7 Å². The molecule has 4 heteroatoms. The summed E-state index contributed by atoms with van der Waals surface area (Å²) in [5.74, 6) is 0. The third kappa shape index (κ3) is 3.69. The van der Waals surface area contributed by atoms with Crippen LogP contribution in [0.5, 0.6) is 0 Å². The lowest BCUT2D eigenvalue weighted by Crippen LogP contribution is -2.28. The summed E-state index contributed by atoms with van der Waals surface area (Å²) in [7, 11) is 1.71. The van der Waals surface area contributed by atoms with Gasteiger partial charge in [0.15, 0.2) is 0 Å². The van der Waals surface area contributed by atoms with Crippen LogP contribution in [0.1, 0.15) is 17.5 Å². The van der Waals surface area contributed by atoms with E-state index < -0.39 is 0 Å². The van der Waals surface area contributed by atoms with Crippen LogP contribution in [-0.4, -0.2) is 38.3 Å². The number of benzene rings is 1. The van der Waals surface area contributed by atoms with Gasteiger partial charge in [-0.25, -0.2) is 0 Å². The lowest BCUT2D eigenvalue weighted by molar-refractivity contribution is 0.145. The number of nitrogens with zero attached hydrogens (tertiary/aromatic N) is 2. The van der Waals surface area contributed by atoms with E-state index in [-0.39, 0.29) is 0 Å². The Hall–Kier alpha value is -1.57. The molecule has 0 fully saturated rings. The quantitative estimate of drug-likeness (QED) is 0.814. The third-order valence-corrected chi connectivity index (χ3v) is 3.48. The lowest BCUT2D eigenvalue weighted by Gasteiger charge is -2.22. The Morgan fingerprint density at radius 3 is 3.11 bits per heavy atom. The van der Waals surface area contributed by atoms with Crippen molar-refractivity contribution in [3.05, 3.63) is 29.3 Å². The molecule has 1 heterocycles. The number of ether oxygens (including phenoxy) is 1. The number of nitriles is 1. The van der Waals surface area contributed by atoms with Crippen LogP contribution in [0.4, 0.5) is 5.69 Å². The molecule has 1 aromatic carbocycles. The largest absolute Gasteiger partial charge is 0.384 e. The zero-order chi connectivity index (χ0) is 13.5. The van der Waals surface area contributed by atoms with E-state index in [4.69, 9.17) is 10.00 Å². The van der Waals surface area contributed by atoms with Gasteiger partial charge in [0.05, 0.1) is 12.7 Å². The van der Waals surface area contributed by atoms with Gasteiger partial charge in [0.2, 0.25) is 0 Å². The molecule has 1 aromatic rings. The Labute approximate surface area is 115 Å². The summed E-state index contributed by atoms with van der Waals surface area (Å²) in [5.41, 5.74) is 4.02. The first-order valence-electron chi connectivity index (χ1n) is 6.78. The Morgan fingerprint density at radius 2 is 2.32 bits per heavy atom. The molecule has 0 atom stereocenters. The molecule has 19 heavy (non-hydrogen) atoms. The number of hydrogen-bond acceptors (Lipinski definition) is 4. The molecule has 2 rings (SSSR count). The zero-order valence-electron chi connectivity index (χ0n) is 11.5. The molecular weight excluding hydrogens is 238 g/mol. The second-order valence-electron chi connectivity index (χ2n) is 4.81. The minimum Gasteiger partial charge on any atom is -0.384 e. The fourth-order valence-electron chi connectivity index (χ4n) is 2.48. The van der Waals surface area contributed by atoms with Gasteiger partial charge in [-0.15, -0.1) is 0 Å². The number of para-hydroxylation sites is 1. The van der Waals surface area contributed by atoms with Crippen LogP contribution in [0.25, 0.3) is 0 Å². The molecule has 1 aliphatic heterocycles. The standard InChI is InChI=1S/C15H21N3O/c1-19-11-10-18(9-3-7-16)12-14-5-2-4-13-6-8-17-15(13)14/h2,4-5,17H,3,6,8-12H2,1H3. The maximum atomic E-state index is 8.74. The molecule has 0 radical (unpaired) electrons. The molecule has 0 unspecified atom stereocenters. The van der Waals surface area contributed by atoms with Gasteiger partial charge < -0.3 is 10.1 Å². The highest BCUT2D eigenvalue weighted by Gasteiger charge is 2.15. The van der Waals surface area contributed by atoms with Crippen LogP contribution in [0, 0.1) is 11.3 Å². The SMILES string of the molecule is COCCN(CCC#N)Cc1cccc2c1NCC2. The summed E-state index contributed by atoms with van der Waals surface area (Å²) < 4.78 is 5.14. The van der Waals surface area contributed by atoms with E-state index >= 15 is 0 Å².